The van der Waals surface area contributed by atoms with Crippen LogP contribution in [0, 0.1) is 13.8 Å². The predicted molar refractivity (Wildman–Crippen MR) is 60.7 cm³/mol. The van der Waals surface area contributed by atoms with Gasteiger partial charge in [0.1, 0.15) is 24.8 Å². The van der Waals surface area contributed by atoms with Gasteiger partial charge in [-0.25, -0.2) is 19.1 Å². The van der Waals surface area contributed by atoms with E-state index in [1.807, 2.05) is 12.4 Å². The van der Waals surface area contributed by atoms with Gasteiger partial charge < -0.3 is 0 Å². The topological polar surface area (TPSA) is 39.3 Å². The van der Waals surface area contributed by atoms with Crippen molar-refractivity contribution < 1.29 is 9.13 Å². The minimum Gasteiger partial charge on any atom is -0.248 e. The van der Waals surface area contributed by atoms with Gasteiger partial charge in [0.25, 0.3) is 11.6 Å². The highest BCUT2D eigenvalue weighted by atomic mass is 15.1. The zero-order valence-electron chi connectivity index (χ0n) is 10.0. The number of hydrogen-bond donors (Lipinski definition) is 2. The first kappa shape index (κ1) is 10.9. The maximum atomic E-state index is 3.18. The van der Waals surface area contributed by atoms with E-state index in [4.69, 9.17) is 0 Å². The molecule has 0 saturated heterocycles. The molecule has 0 aromatic carbocycles. The summed E-state index contributed by atoms with van der Waals surface area (Å²) in [5, 5.41) is 0. The Morgan fingerprint density at radius 2 is 1.31 bits per heavy atom. The fourth-order valence-corrected chi connectivity index (χ4v) is 1.93. The van der Waals surface area contributed by atoms with Gasteiger partial charge >= 0.3 is 0 Å². The molecule has 0 fully saturated rings. The molecule has 0 aliphatic carbocycles. The van der Waals surface area contributed by atoms with E-state index < -0.39 is 0 Å². The van der Waals surface area contributed by atoms with E-state index in [1.165, 1.54) is 24.5 Å². The van der Waals surface area contributed by atoms with E-state index in [0.717, 1.165) is 13.1 Å². The summed E-state index contributed by atoms with van der Waals surface area (Å²) in [5.41, 5.74) is 0. The molecule has 2 aromatic rings. The molecule has 4 heteroatoms. The highest BCUT2D eigenvalue weighted by Gasteiger charge is 2.06. The van der Waals surface area contributed by atoms with Gasteiger partial charge in [-0.15, -0.1) is 0 Å². The summed E-state index contributed by atoms with van der Waals surface area (Å²) < 4.78 is 4.52. The number of nitrogens with zero attached hydrogens (tertiary/aromatic N) is 2. The van der Waals surface area contributed by atoms with Gasteiger partial charge in [-0.05, 0) is 12.8 Å². The van der Waals surface area contributed by atoms with Crippen molar-refractivity contribution in [3.05, 3.63) is 36.4 Å². The van der Waals surface area contributed by atoms with Gasteiger partial charge in [-0.3, -0.25) is 0 Å². The van der Waals surface area contributed by atoms with Crippen LogP contribution in [0.25, 0.3) is 0 Å². The van der Waals surface area contributed by atoms with Crippen LogP contribution in [0.5, 0.6) is 0 Å². The van der Waals surface area contributed by atoms with Crippen molar-refractivity contribution in [3.8, 4) is 0 Å². The molecule has 0 saturated carbocycles. The zero-order chi connectivity index (χ0) is 11.4. The zero-order valence-corrected chi connectivity index (χ0v) is 10.0. The van der Waals surface area contributed by atoms with Crippen molar-refractivity contribution in [1.29, 1.82) is 0 Å². The molecule has 0 aliphatic heterocycles. The number of hydrogen-bond acceptors (Lipinski definition) is 0. The molecule has 2 N–H and O–H groups in total. The van der Waals surface area contributed by atoms with Gasteiger partial charge in [-0.1, -0.05) is 0 Å². The Kier molecular flexibility index (Phi) is 3.39. The molecular weight excluding hydrogens is 200 g/mol. The first-order valence-corrected chi connectivity index (χ1v) is 5.84. The van der Waals surface area contributed by atoms with Crippen molar-refractivity contribution in [3.63, 3.8) is 0 Å². The molecule has 0 aliphatic rings. The van der Waals surface area contributed by atoms with Crippen LogP contribution in [0.15, 0.2) is 24.8 Å². The summed E-state index contributed by atoms with van der Waals surface area (Å²) in [4.78, 5) is 6.37. The summed E-state index contributed by atoms with van der Waals surface area (Å²) in [7, 11) is 0. The number of imidazole rings is 2. The van der Waals surface area contributed by atoms with Crippen molar-refractivity contribution in [2.24, 2.45) is 0 Å². The molecule has 0 bridgehead atoms. The first-order chi connectivity index (χ1) is 7.77. The summed E-state index contributed by atoms with van der Waals surface area (Å²) >= 11 is 0. The summed E-state index contributed by atoms with van der Waals surface area (Å²) in [5.74, 6) is 2.45. The third-order valence-electron chi connectivity index (χ3n) is 3.00. The van der Waals surface area contributed by atoms with Crippen LogP contribution in [0.3, 0.4) is 0 Å². The van der Waals surface area contributed by atoms with Crippen molar-refractivity contribution >= 4 is 0 Å². The van der Waals surface area contributed by atoms with E-state index in [9.17, 15) is 0 Å². The van der Waals surface area contributed by atoms with Gasteiger partial charge in [-0.2, -0.15) is 0 Å². The van der Waals surface area contributed by atoms with Crippen molar-refractivity contribution in [2.45, 2.75) is 39.8 Å². The molecular formula is C12H20N4+2. The van der Waals surface area contributed by atoms with Crippen molar-refractivity contribution in [1.82, 2.24) is 9.97 Å². The maximum absolute atomic E-state index is 3.18. The molecule has 0 unspecified atom stereocenters. The van der Waals surface area contributed by atoms with Crippen LogP contribution in [0.2, 0.25) is 0 Å². The number of unbranched alkanes of at least 4 members (excludes halogenated alkanes) is 1. The normalized spacial score (nSPS) is 10.9. The van der Waals surface area contributed by atoms with E-state index >= 15 is 0 Å². The SMILES string of the molecule is Cc1[nH]cc[n+]1CCCC[n+]1cc[nH]c1C. The van der Waals surface area contributed by atoms with Crippen LogP contribution in [0.1, 0.15) is 24.5 Å². The lowest BCUT2D eigenvalue weighted by molar-refractivity contribution is -0.712. The second-order valence-corrected chi connectivity index (χ2v) is 4.18. The number of H-pyrrole nitrogens is 2. The lowest BCUT2D eigenvalue weighted by Gasteiger charge is -1.99. The Balaban J connectivity index is 1.74. The van der Waals surface area contributed by atoms with E-state index in [-0.39, 0.29) is 0 Å². The van der Waals surface area contributed by atoms with Crippen LogP contribution < -0.4 is 9.13 Å². The number of nitrogens with one attached hydrogen (secondary N) is 2. The summed E-state index contributed by atoms with van der Waals surface area (Å²) in [6.45, 7) is 6.40. The number of aromatic nitrogens is 4. The fourth-order valence-electron chi connectivity index (χ4n) is 1.93. The number of aryl methyl sites for hydroxylation is 4. The number of rotatable bonds is 5. The monoisotopic (exact) mass is 220 g/mol. The average Bonchev–Trinajstić information content (AvgIpc) is 2.84. The standard InChI is InChI=1S/C12H18N4/c1-11-13-5-9-15(11)7-3-4-8-16-10-6-14-12(16)2/h5-6,9-10H,3-4,7-8H2,1-2H3/p+2. The number of aromatic amines is 2. The molecule has 0 spiro atoms. The minimum atomic E-state index is 1.10. The second kappa shape index (κ2) is 4.96. The van der Waals surface area contributed by atoms with E-state index in [1.54, 1.807) is 0 Å². The Morgan fingerprint density at radius 1 is 0.875 bits per heavy atom. The quantitative estimate of drug-likeness (QED) is 0.558. The Hall–Kier alpha value is -1.58. The highest BCUT2D eigenvalue weighted by molar-refractivity contribution is 4.71. The van der Waals surface area contributed by atoms with Crippen LogP contribution >= 0.6 is 0 Å². The van der Waals surface area contributed by atoms with Gasteiger partial charge in [0.2, 0.25) is 0 Å². The lowest BCUT2D eigenvalue weighted by atomic mass is 10.3. The predicted octanol–water partition coefficient (Wildman–Crippen LogP) is 1.02. The fraction of sp³-hybridized carbons (Fsp3) is 0.500. The van der Waals surface area contributed by atoms with Crippen LogP contribution in [-0.2, 0) is 13.1 Å². The smallest absolute Gasteiger partial charge is 0.248 e. The molecule has 2 rings (SSSR count). The van der Waals surface area contributed by atoms with E-state index in [2.05, 4.69) is 45.3 Å². The van der Waals surface area contributed by atoms with Crippen LogP contribution in [-0.4, -0.2) is 9.97 Å². The molecule has 2 aromatic heterocycles. The highest BCUT2D eigenvalue weighted by Crippen LogP contribution is 1.92. The third-order valence-corrected chi connectivity index (χ3v) is 3.00. The lowest BCUT2D eigenvalue weighted by Crippen LogP contribution is -2.37. The Morgan fingerprint density at radius 3 is 1.62 bits per heavy atom. The van der Waals surface area contributed by atoms with E-state index in [0.29, 0.717) is 0 Å². The molecule has 0 radical (unpaired) electrons. The summed E-state index contributed by atoms with van der Waals surface area (Å²) in [6, 6.07) is 0. The largest absolute Gasteiger partial charge is 0.251 e. The van der Waals surface area contributed by atoms with Gasteiger partial charge in [0, 0.05) is 13.8 Å². The average molecular weight is 220 g/mol. The Bertz CT molecular complexity index is 399. The van der Waals surface area contributed by atoms with Crippen LogP contribution in [0.4, 0.5) is 0 Å². The molecule has 2 heterocycles. The molecule has 86 valence electrons. The molecule has 16 heavy (non-hydrogen) atoms. The maximum Gasteiger partial charge on any atom is 0.251 e. The minimum absolute atomic E-state index is 1.10. The molecule has 0 atom stereocenters. The first-order valence-electron chi connectivity index (χ1n) is 5.84. The van der Waals surface area contributed by atoms with Gasteiger partial charge in [0.15, 0.2) is 0 Å². The third kappa shape index (κ3) is 2.51. The molecule has 0 amide bonds. The Labute approximate surface area is 96.0 Å². The second-order valence-electron chi connectivity index (χ2n) is 4.18. The molecule has 4 nitrogen and oxygen atoms in total. The summed E-state index contributed by atoms with van der Waals surface area (Å²) in [6.07, 6.45) is 10.6. The van der Waals surface area contributed by atoms with Gasteiger partial charge in [0.05, 0.1) is 13.1 Å². The van der Waals surface area contributed by atoms with Crippen molar-refractivity contribution in [2.75, 3.05) is 0 Å².